The molecule has 3 nitrogen and oxygen atoms in total. The Hall–Kier alpha value is -0.320. The second kappa shape index (κ2) is 4.68. The van der Waals surface area contributed by atoms with Crippen LogP contribution in [0.25, 0.3) is 0 Å². The Morgan fingerprint density at radius 1 is 1.53 bits per heavy atom. The summed E-state index contributed by atoms with van der Waals surface area (Å²) in [5.74, 6) is 0. The molecule has 0 atom stereocenters. The van der Waals surface area contributed by atoms with Gasteiger partial charge in [-0.05, 0) is 40.6 Å². The van der Waals surface area contributed by atoms with Gasteiger partial charge in [-0.2, -0.15) is 5.26 Å². The molecule has 80 valence electrons. The normalized spacial score (nSPS) is 11.1. The summed E-state index contributed by atoms with van der Waals surface area (Å²) < 4.78 is 23.1. The van der Waals surface area contributed by atoms with Crippen LogP contribution in [0.15, 0.2) is 17.0 Å². The van der Waals surface area contributed by atoms with Crippen molar-refractivity contribution in [3.8, 4) is 6.07 Å². The monoisotopic (exact) mass is 355 g/mol. The fourth-order valence-electron chi connectivity index (χ4n) is 1.22. The number of halogens is 2. The second-order valence-corrected chi connectivity index (χ2v) is 6.40. The summed E-state index contributed by atoms with van der Waals surface area (Å²) in [4.78, 5) is 0.0614. The highest BCUT2D eigenvalue weighted by Crippen LogP contribution is 2.28. The quantitative estimate of drug-likeness (QED) is 0.605. The molecule has 0 heterocycles. The van der Waals surface area contributed by atoms with Crippen LogP contribution in [-0.4, -0.2) is 8.42 Å². The van der Waals surface area contributed by atoms with Crippen molar-refractivity contribution in [3.63, 3.8) is 0 Å². The van der Waals surface area contributed by atoms with E-state index in [-0.39, 0.29) is 4.90 Å². The van der Waals surface area contributed by atoms with Gasteiger partial charge in [-0.3, -0.25) is 0 Å². The fraction of sp³-hybridized carbons (Fsp3) is 0.222. The molecule has 0 aromatic heterocycles. The molecule has 6 heteroatoms. The summed E-state index contributed by atoms with van der Waals surface area (Å²) in [6.07, 6.45) is 0.559. The third-order valence-electron chi connectivity index (χ3n) is 1.92. The predicted octanol–water partition coefficient (Wildman–Crippen LogP) is 2.65. The molecule has 0 saturated carbocycles. The number of hydrogen-bond acceptors (Lipinski definition) is 3. The van der Waals surface area contributed by atoms with Crippen LogP contribution in [0.3, 0.4) is 0 Å². The van der Waals surface area contributed by atoms with E-state index in [1.807, 2.05) is 35.6 Å². The first-order valence-electron chi connectivity index (χ1n) is 4.08. The molecule has 0 fully saturated rings. The van der Waals surface area contributed by atoms with Gasteiger partial charge in [0.15, 0.2) is 0 Å². The highest BCUT2D eigenvalue weighted by atomic mass is 127. The minimum atomic E-state index is -3.80. The molecular formula is C9H7ClINO2S. The molecule has 15 heavy (non-hydrogen) atoms. The minimum Gasteiger partial charge on any atom is -0.207 e. The highest BCUT2D eigenvalue weighted by molar-refractivity contribution is 14.1. The Kier molecular flexibility index (Phi) is 3.98. The van der Waals surface area contributed by atoms with E-state index < -0.39 is 9.05 Å². The van der Waals surface area contributed by atoms with Gasteiger partial charge in [-0.25, -0.2) is 8.42 Å². The molecule has 0 bridgehead atoms. The van der Waals surface area contributed by atoms with E-state index in [0.29, 0.717) is 21.1 Å². The first kappa shape index (κ1) is 12.7. The van der Waals surface area contributed by atoms with Crippen LogP contribution in [0.2, 0.25) is 0 Å². The minimum absolute atomic E-state index is 0.0614. The number of nitrogens with zero attached hydrogens (tertiary/aromatic N) is 1. The van der Waals surface area contributed by atoms with E-state index in [4.69, 9.17) is 15.9 Å². The second-order valence-electron chi connectivity index (χ2n) is 2.82. The van der Waals surface area contributed by atoms with Crippen molar-refractivity contribution in [2.45, 2.75) is 18.2 Å². The third kappa shape index (κ3) is 2.62. The van der Waals surface area contributed by atoms with Crippen molar-refractivity contribution in [2.75, 3.05) is 0 Å². The molecule has 1 aromatic carbocycles. The summed E-state index contributed by atoms with van der Waals surface area (Å²) in [5.41, 5.74) is 0.959. The maximum atomic E-state index is 11.4. The van der Waals surface area contributed by atoms with Crippen molar-refractivity contribution in [3.05, 3.63) is 26.8 Å². The number of rotatable bonds is 2. The van der Waals surface area contributed by atoms with Crippen LogP contribution >= 0.6 is 33.3 Å². The molecule has 0 aliphatic rings. The molecule has 0 radical (unpaired) electrons. The molecule has 0 aliphatic heterocycles. The van der Waals surface area contributed by atoms with Gasteiger partial charge >= 0.3 is 0 Å². The maximum absolute atomic E-state index is 11.4. The Morgan fingerprint density at radius 3 is 2.53 bits per heavy atom. The van der Waals surface area contributed by atoms with Gasteiger partial charge in [0.2, 0.25) is 0 Å². The number of hydrogen-bond donors (Lipinski definition) is 0. The van der Waals surface area contributed by atoms with Crippen molar-refractivity contribution >= 4 is 42.3 Å². The Bertz CT molecular complexity index is 534. The van der Waals surface area contributed by atoms with Gasteiger partial charge in [-0.15, -0.1) is 0 Å². The summed E-state index contributed by atoms with van der Waals surface area (Å²) in [6, 6.07) is 5.15. The zero-order valence-electron chi connectivity index (χ0n) is 7.79. The van der Waals surface area contributed by atoms with Crippen LogP contribution in [-0.2, 0) is 15.5 Å². The summed E-state index contributed by atoms with van der Waals surface area (Å²) in [6.45, 7) is 1.84. The Labute approximate surface area is 107 Å². The Morgan fingerprint density at radius 2 is 2.13 bits per heavy atom. The van der Waals surface area contributed by atoms with Crippen molar-refractivity contribution in [1.29, 1.82) is 5.26 Å². The smallest absolute Gasteiger partial charge is 0.207 e. The van der Waals surface area contributed by atoms with Crippen LogP contribution in [0.5, 0.6) is 0 Å². The topological polar surface area (TPSA) is 57.9 Å². The fourth-order valence-corrected chi connectivity index (χ4v) is 4.51. The molecule has 0 unspecified atom stereocenters. The van der Waals surface area contributed by atoms with E-state index in [1.54, 1.807) is 12.1 Å². The molecule has 0 saturated heterocycles. The zero-order valence-corrected chi connectivity index (χ0v) is 11.5. The lowest BCUT2D eigenvalue weighted by Crippen LogP contribution is -2.02. The van der Waals surface area contributed by atoms with E-state index in [0.717, 1.165) is 0 Å². The summed E-state index contributed by atoms with van der Waals surface area (Å²) in [7, 11) is 1.54. The SMILES string of the molecule is CCc1ccc(C#N)c(I)c1S(=O)(=O)Cl. The first-order valence-corrected chi connectivity index (χ1v) is 7.46. The van der Waals surface area contributed by atoms with Gasteiger partial charge in [0.05, 0.1) is 9.13 Å². The van der Waals surface area contributed by atoms with Crippen LogP contribution < -0.4 is 0 Å². The zero-order chi connectivity index (χ0) is 11.6. The Balaban J connectivity index is 3.67. The summed E-state index contributed by atoms with van der Waals surface area (Å²) >= 11 is 1.83. The van der Waals surface area contributed by atoms with Crippen molar-refractivity contribution in [1.82, 2.24) is 0 Å². The van der Waals surface area contributed by atoms with Gasteiger partial charge in [0.1, 0.15) is 11.0 Å². The third-order valence-corrected chi connectivity index (χ3v) is 4.83. The lowest BCUT2D eigenvalue weighted by molar-refractivity contribution is 0.608. The van der Waals surface area contributed by atoms with E-state index in [2.05, 4.69) is 0 Å². The largest absolute Gasteiger partial charge is 0.262 e. The van der Waals surface area contributed by atoms with Gasteiger partial charge in [0, 0.05) is 10.7 Å². The molecule has 1 aromatic rings. The van der Waals surface area contributed by atoms with Crippen molar-refractivity contribution in [2.24, 2.45) is 0 Å². The predicted molar refractivity (Wildman–Crippen MR) is 66.3 cm³/mol. The van der Waals surface area contributed by atoms with Gasteiger partial charge in [-0.1, -0.05) is 13.0 Å². The number of nitriles is 1. The van der Waals surface area contributed by atoms with Gasteiger partial charge in [0.25, 0.3) is 9.05 Å². The van der Waals surface area contributed by atoms with Crippen LogP contribution in [0.4, 0.5) is 0 Å². The molecule has 0 amide bonds. The van der Waals surface area contributed by atoms with Crippen molar-refractivity contribution < 1.29 is 8.42 Å². The van der Waals surface area contributed by atoms with Crippen LogP contribution in [0, 0.1) is 14.9 Å². The van der Waals surface area contributed by atoms with E-state index >= 15 is 0 Å². The molecular weight excluding hydrogens is 349 g/mol. The summed E-state index contributed by atoms with van der Waals surface area (Å²) in [5, 5.41) is 8.78. The standard InChI is InChI=1S/C9H7ClINO2S/c1-2-6-3-4-7(5-12)8(11)9(6)15(10,13)14/h3-4H,2H2,1H3. The molecule has 1 rings (SSSR count). The lowest BCUT2D eigenvalue weighted by Gasteiger charge is -2.07. The maximum Gasteiger partial charge on any atom is 0.262 e. The number of benzene rings is 1. The number of aryl methyl sites for hydroxylation is 1. The highest BCUT2D eigenvalue weighted by Gasteiger charge is 2.20. The lowest BCUT2D eigenvalue weighted by atomic mass is 10.1. The molecule has 0 spiro atoms. The first-order chi connectivity index (χ1) is 6.91. The van der Waals surface area contributed by atoms with Crippen LogP contribution in [0.1, 0.15) is 18.1 Å². The average Bonchev–Trinajstić information content (AvgIpc) is 2.15. The van der Waals surface area contributed by atoms with Gasteiger partial charge < -0.3 is 0 Å². The van der Waals surface area contributed by atoms with E-state index in [1.165, 1.54) is 0 Å². The molecule has 0 N–H and O–H groups in total. The average molecular weight is 356 g/mol. The molecule has 0 aliphatic carbocycles. The van der Waals surface area contributed by atoms with E-state index in [9.17, 15) is 8.42 Å².